The number of halogens is 1. The van der Waals surface area contributed by atoms with Crippen molar-refractivity contribution in [2.75, 3.05) is 32.4 Å². The summed E-state index contributed by atoms with van der Waals surface area (Å²) in [6.45, 7) is 6.45. The zero-order valence-corrected chi connectivity index (χ0v) is 20.3. The Bertz CT molecular complexity index is 1260. The van der Waals surface area contributed by atoms with Gasteiger partial charge in [-0.15, -0.1) is 0 Å². The van der Waals surface area contributed by atoms with Crippen molar-refractivity contribution < 1.29 is 4.79 Å². The summed E-state index contributed by atoms with van der Waals surface area (Å²) in [4.78, 5) is 30.3. The highest BCUT2D eigenvalue weighted by atomic mass is 35.5. The van der Waals surface area contributed by atoms with E-state index in [1.165, 1.54) is 6.33 Å². The Morgan fingerprint density at radius 3 is 2.68 bits per heavy atom. The number of carbonyl (C=O) groups excluding carboxylic acids is 1. The number of likely N-dealkylation sites (N-methyl/N-ethyl adjacent to an activating group) is 1. The lowest BCUT2D eigenvalue weighted by Crippen LogP contribution is -2.52. The van der Waals surface area contributed by atoms with Gasteiger partial charge < -0.3 is 15.5 Å². The van der Waals surface area contributed by atoms with Gasteiger partial charge in [0.25, 0.3) is 5.91 Å². The van der Waals surface area contributed by atoms with Gasteiger partial charge in [0.2, 0.25) is 0 Å². The number of hydrogen-bond donors (Lipinski definition) is 1. The van der Waals surface area contributed by atoms with Crippen molar-refractivity contribution in [3.05, 3.63) is 70.3 Å². The summed E-state index contributed by atoms with van der Waals surface area (Å²) in [7, 11) is 2.07. The van der Waals surface area contributed by atoms with Crippen LogP contribution in [0.15, 0.2) is 42.9 Å². The van der Waals surface area contributed by atoms with E-state index >= 15 is 0 Å². The van der Waals surface area contributed by atoms with E-state index in [1.54, 1.807) is 24.4 Å². The van der Waals surface area contributed by atoms with Gasteiger partial charge in [0.1, 0.15) is 12.1 Å². The van der Waals surface area contributed by atoms with E-state index in [0.29, 0.717) is 35.1 Å². The van der Waals surface area contributed by atoms with Gasteiger partial charge in [-0.05, 0) is 44.7 Å². The Morgan fingerprint density at radius 2 is 2.00 bits per heavy atom. The number of aryl methyl sites for hydroxylation is 1. The molecule has 1 aliphatic heterocycles. The molecule has 1 atom stereocenters. The molecule has 1 saturated heterocycles. The van der Waals surface area contributed by atoms with Crippen LogP contribution in [0.3, 0.4) is 0 Å². The monoisotopic (exact) mass is 474 g/mol. The van der Waals surface area contributed by atoms with Crippen LogP contribution in [0, 0.1) is 11.8 Å². The van der Waals surface area contributed by atoms with Crippen molar-refractivity contribution in [2.24, 2.45) is 0 Å². The molecule has 0 spiro atoms. The maximum Gasteiger partial charge on any atom is 0.255 e. The normalized spacial score (nSPS) is 16.1. The van der Waals surface area contributed by atoms with E-state index in [-0.39, 0.29) is 11.9 Å². The van der Waals surface area contributed by atoms with Crippen LogP contribution in [-0.2, 0) is 6.42 Å². The van der Waals surface area contributed by atoms with Crippen LogP contribution in [0.1, 0.15) is 41.0 Å². The fourth-order valence-corrected chi connectivity index (χ4v) is 4.35. The molecule has 3 heterocycles. The molecule has 7 nitrogen and oxygen atoms in total. The summed E-state index contributed by atoms with van der Waals surface area (Å²) in [5.74, 6) is 6.72. The Morgan fingerprint density at radius 1 is 1.18 bits per heavy atom. The molecule has 174 valence electrons. The molecule has 0 bridgehead atoms. The number of pyridine rings is 1. The molecule has 2 N–H and O–H groups in total. The largest absolute Gasteiger partial charge is 0.384 e. The second kappa shape index (κ2) is 10.2. The Labute approximate surface area is 205 Å². The number of hydrogen-bond acceptors (Lipinski definition) is 6. The topological polar surface area (TPSA) is 88.2 Å². The van der Waals surface area contributed by atoms with Crippen molar-refractivity contribution in [2.45, 2.75) is 26.3 Å². The van der Waals surface area contributed by atoms with Crippen LogP contribution in [0.2, 0.25) is 5.02 Å². The first-order valence-corrected chi connectivity index (χ1v) is 11.6. The predicted octanol–water partition coefficient (Wildman–Crippen LogP) is 3.51. The Kier molecular flexibility index (Phi) is 7.11. The summed E-state index contributed by atoms with van der Waals surface area (Å²) >= 11 is 6.63. The quantitative estimate of drug-likeness (QED) is 0.584. The second-order valence-electron chi connectivity index (χ2n) is 8.42. The molecule has 4 rings (SSSR count). The van der Waals surface area contributed by atoms with Crippen LogP contribution in [0.25, 0.3) is 11.3 Å². The summed E-state index contributed by atoms with van der Waals surface area (Å²) in [5, 5.41) is 0.395. The minimum atomic E-state index is -0.0510. The van der Waals surface area contributed by atoms with E-state index < -0.39 is 0 Å². The number of anilines is 1. The number of piperazine rings is 1. The SMILES string of the molecule is CCc1ncnc(-c2ccc(C(=O)N3CCN(C)C[C@H]3C)c(Cl)c2)c1C#Cc1ccc(N)nc1. The maximum atomic E-state index is 13.2. The lowest BCUT2D eigenvalue weighted by Gasteiger charge is -2.38. The van der Waals surface area contributed by atoms with Crippen LogP contribution in [-0.4, -0.2) is 63.4 Å². The number of nitrogens with two attached hydrogens (primary N) is 1. The van der Waals surface area contributed by atoms with E-state index in [9.17, 15) is 4.79 Å². The van der Waals surface area contributed by atoms with E-state index in [0.717, 1.165) is 35.5 Å². The van der Waals surface area contributed by atoms with Crippen molar-refractivity contribution in [3.63, 3.8) is 0 Å². The molecule has 0 unspecified atom stereocenters. The first-order chi connectivity index (χ1) is 16.4. The average Bonchev–Trinajstić information content (AvgIpc) is 2.83. The molecule has 34 heavy (non-hydrogen) atoms. The molecule has 1 aromatic carbocycles. The molecule has 1 amide bonds. The standard InChI is InChI=1S/C26H27ClN6O/c1-4-23-21(8-5-18-6-10-24(28)29-14-18)25(31-16-30-23)19-7-9-20(22(27)13-19)26(34)33-12-11-32(3)15-17(33)2/h6-7,9-10,13-14,16-17H,4,11-12,15H2,1-3H3,(H2,28,29)/t17-/m1/s1. The van der Waals surface area contributed by atoms with Crippen molar-refractivity contribution >= 4 is 23.3 Å². The third kappa shape index (κ3) is 5.04. The number of amides is 1. The van der Waals surface area contributed by atoms with Gasteiger partial charge in [0.05, 0.1) is 27.5 Å². The van der Waals surface area contributed by atoms with Gasteiger partial charge in [-0.2, -0.15) is 0 Å². The highest BCUT2D eigenvalue weighted by molar-refractivity contribution is 6.34. The first-order valence-electron chi connectivity index (χ1n) is 11.2. The highest BCUT2D eigenvalue weighted by Crippen LogP contribution is 2.29. The Hall–Kier alpha value is -3.47. The third-order valence-corrected chi connectivity index (χ3v) is 6.26. The summed E-state index contributed by atoms with van der Waals surface area (Å²) in [6.07, 6.45) is 3.86. The maximum absolute atomic E-state index is 13.2. The summed E-state index contributed by atoms with van der Waals surface area (Å²) in [6, 6.07) is 9.09. The van der Waals surface area contributed by atoms with Crippen LogP contribution >= 0.6 is 11.6 Å². The first kappa shape index (κ1) is 23.7. The van der Waals surface area contributed by atoms with Crippen LogP contribution in [0.5, 0.6) is 0 Å². The average molecular weight is 475 g/mol. The lowest BCUT2D eigenvalue weighted by molar-refractivity contribution is 0.0534. The predicted molar refractivity (Wildman–Crippen MR) is 134 cm³/mol. The molecule has 0 radical (unpaired) electrons. The van der Waals surface area contributed by atoms with Crippen molar-refractivity contribution in [1.82, 2.24) is 24.8 Å². The molecule has 1 fully saturated rings. The van der Waals surface area contributed by atoms with Gasteiger partial charge in [-0.3, -0.25) is 4.79 Å². The Balaban J connectivity index is 1.68. The van der Waals surface area contributed by atoms with Gasteiger partial charge in [0.15, 0.2) is 0 Å². The fourth-order valence-electron chi connectivity index (χ4n) is 4.09. The van der Waals surface area contributed by atoms with E-state index in [1.807, 2.05) is 24.0 Å². The molecule has 2 aromatic heterocycles. The van der Waals surface area contributed by atoms with Gasteiger partial charge in [-0.25, -0.2) is 15.0 Å². The molecule has 3 aromatic rings. The van der Waals surface area contributed by atoms with Crippen molar-refractivity contribution in [1.29, 1.82) is 0 Å². The zero-order chi connectivity index (χ0) is 24.2. The van der Waals surface area contributed by atoms with Crippen LogP contribution < -0.4 is 5.73 Å². The smallest absolute Gasteiger partial charge is 0.255 e. The second-order valence-corrected chi connectivity index (χ2v) is 8.83. The number of carbonyl (C=O) groups is 1. The van der Waals surface area contributed by atoms with Gasteiger partial charge in [-0.1, -0.05) is 36.4 Å². The third-order valence-electron chi connectivity index (χ3n) is 5.94. The van der Waals surface area contributed by atoms with E-state index in [2.05, 4.69) is 45.7 Å². The van der Waals surface area contributed by atoms with Gasteiger partial charge >= 0.3 is 0 Å². The zero-order valence-electron chi connectivity index (χ0n) is 19.5. The minimum Gasteiger partial charge on any atom is -0.384 e. The number of nitrogen functional groups attached to an aromatic ring is 1. The summed E-state index contributed by atoms with van der Waals surface area (Å²) < 4.78 is 0. The highest BCUT2D eigenvalue weighted by Gasteiger charge is 2.28. The number of aromatic nitrogens is 3. The summed E-state index contributed by atoms with van der Waals surface area (Å²) in [5.41, 5.74) is 9.93. The lowest BCUT2D eigenvalue weighted by atomic mass is 10.0. The van der Waals surface area contributed by atoms with Gasteiger partial charge in [0, 0.05) is 43.0 Å². The molecule has 1 aliphatic rings. The van der Waals surface area contributed by atoms with E-state index in [4.69, 9.17) is 17.3 Å². The van der Waals surface area contributed by atoms with Crippen molar-refractivity contribution in [3.8, 4) is 23.1 Å². The van der Waals surface area contributed by atoms with Crippen LogP contribution in [0.4, 0.5) is 5.82 Å². The molecule has 0 aliphatic carbocycles. The minimum absolute atomic E-state index is 0.0510. The fraction of sp³-hybridized carbons (Fsp3) is 0.308. The number of nitrogens with zero attached hydrogens (tertiary/aromatic N) is 5. The molecular weight excluding hydrogens is 448 g/mol. The number of rotatable bonds is 3. The number of benzene rings is 1. The molecule has 0 saturated carbocycles. The molecule has 8 heteroatoms. The molecular formula is C26H27ClN6O.